The number of rotatable bonds is 3. The number of para-hydroxylation sites is 1. The van der Waals surface area contributed by atoms with Gasteiger partial charge in [-0.05, 0) is 18.2 Å². The van der Waals surface area contributed by atoms with E-state index in [0.29, 0.717) is 0 Å². The zero-order valence-electron chi connectivity index (χ0n) is 12.2. The maximum atomic E-state index is 4.45. The minimum atomic E-state index is 0.814. The molecule has 22 heavy (non-hydrogen) atoms. The van der Waals surface area contributed by atoms with Crippen LogP contribution < -0.4 is 0 Å². The number of hydrogen-bond acceptors (Lipinski definition) is 3. The van der Waals surface area contributed by atoms with Gasteiger partial charge < -0.3 is 9.88 Å². The van der Waals surface area contributed by atoms with E-state index in [0.717, 1.165) is 36.6 Å². The van der Waals surface area contributed by atoms with Crippen LogP contribution in [0.4, 0.5) is 0 Å². The molecular weight excluding hydrogens is 274 g/mol. The minimum absolute atomic E-state index is 0.814. The molecule has 1 aromatic carbocycles. The largest absolute Gasteiger partial charge is 0.364 e. The molecule has 1 aliphatic heterocycles. The van der Waals surface area contributed by atoms with Crippen LogP contribution in [0.25, 0.3) is 11.4 Å². The zero-order valence-corrected chi connectivity index (χ0v) is 12.2. The van der Waals surface area contributed by atoms with Gasteiger partial charge in [-0.1, -0.05) is 24.8 Å². The smallest absolute Gasteiger partial charge is 0.0925 e. The van der Waals surface area contributed by atoms with Gasteiger partial charge in [0.1, 0.15) is 0 Å². The van der Waals surface area contributed by atoms with Crippen molar-refractivity contribution in [3.63, 3.8) is 0 Å². The molecule has 0 radical (unpaired) electrons. The molecule has 5 heteroatoms. The minimum Gasteiger partial charge on any atom is -0.364 e. The molecular formula is C17H17N5. The van der Waals surface area contributed by atoms with Crippen molar-refractivity contribution < 1.29 is 0 Å². The first-order chi connectivity index (χ1) is 10.8. The summed E-state index contributed by atoms with van der Waals surface area (Å²) < 4.78 is 1.94. The third kappa shape index (κ3) is 2.11. The van der Waals surface area contributed by atoms with Crippen LogP contribution in [-0.2, 0) is 13.0 Å². The maximum absolute atomic E-state index is 4.45. The quantitative estimate of drug-likeness (QED) is 0.807. The predicted octanol–water partition coefficient (Wildman–Crippen LogP) is 2.62. The summed E-state index contributed by atoms with van der Waals surface area (Å²) in [7, 11) is 0. The van der Waals surface area contributed by atoms with E-state index >= 15 is 0 Å². The second-order valence-electron chi connectivity index (χ2n) is 5.41. The molecule has 3 heterocycles. The summed E-state index contributed by atoms with van der Waals surface area (Å²) in [5.74, 6) is 0. The highest BCUT2D eigenvalue weighted by molar-refractivity contribution is 5.61. The van der Waals surface area contributed by atoms with Gasteiger partial charge in [0.25, 0.3) is 0 Å². The predicted molar refractivity (Wildman–Crippen MR) is 85.3 cm³/mol. The molecule has 0 unspecified atom stereocenters. The van der Waals surface area contributed by atoms with Gasteiger partial charge in [0, 0.05) is 13.0 Å². The third-order valence-corrected chi connectivity index (χ3v) is 4.10. The Morgan fingerprint density at radius 3 is 2.91 bits per heavy atom. The molecule has 5 nitrogen and oxygen atoms in total. The lowest BCUT2D eigenvalue weighted by Gasteiger charge is -2.30. The molecule has 1 aliphatic rings. The van der Waals surface area contributed by atoms with Crippen LogP contribution in [0.5, 0.6) is 0 Å². The molecule has 0 amide bonds. The molecule has 0 spiro atoms. The van der Waals surface area contributed by atoms with Gasteiger partial charge >= 0.3 is 0 Å². The fourth-order valence-corrected chi connectivity index (χ4v) is 2.90. The molecule has 0 bridgehead atoms. The Bertz CT molecular complexity index is 799. The van der Waals surface area contributed by atoms with Crippen LogP contribution in [0.3, 0.4) is 0 Å². The second kappa shape index (κ2) is 5.18. The molecule has 0 aliphatic carbocycles. The van der Waals surface area contributed by atoms with E-state index in [1.54, 1.807) is 6.33 Å². The summed E-state index contributed by atoms with van der Waals surface area (Å²) in [6.07, 6.45) is 4.53. The normalized spacial score (nSPS) is 13.9. The van der Waals surface area contributed by atoms with Gasteiger partial charge in [-0.25, -0.2) is 9.67 Å². The van der Waals surface area contributed by atoms with Crippen LogP contribution in [0.2, 0.25) is 0 Å². The number of aromatic nitrogens is 4. The van der Waals surface area contributed by atoms with Crippen molar-refractivity contribution in [2.45, 2.75) is 13.0 Å². The Labute approximate surface area is 128 Å². The van der Waals surface area contributed by atoms with Crippen molar-refractivity contribution in [3.8, 4) is 5.69 Å². The van der Waals surface area contributed by atoms with Crippen molar-refractivity contribution >= 4 is 5.70 Å². The number of aromatic amines is 1. The molecule has 2 aromatic heterocycles. The van der Waals surface area contributed by atoms with Crippen molar-refractivity contribution in [2.75, 3.05) is 6.54 Å². The lowest BCUT2D eigenvalue weighted by atomic mass is 10.1. The van der Waals surface area contributed by atoms with Gasteiger partial charge in [0.2, 0.25) is 0 Å². The van der Waals surface area contributed by atoms with Crippen LogP contribution in [0.1, 0.15) is 17.1 Å². The molecule has 0 fully saturated rings. The highest BCUT2D eigenvalue weighted by atomic mass is 15.3. The van der Waals surface area contributed by atoms with E-state index in [4.69, 9.17) is 0 Å². The van der Waals surface area contributed by atoms with Gasteiger partial charge in [0.15, 0.2) is 0 Å². The fraction of sp³-hybridized carbons (Fsp3) is 0.176. The Balaban J connectivity index is 1.64. The summed E-state index contributed by atoms with van der Waals surface area (Å²) in [4.78, 5) is 9.84. The SMILES string of the molecule is C=C(c1ccnn1-c1ccccc1)N1CCc2nc[nH]c2C1. The molecule has 110 valence electrons. The van der Waals surface area contributed by atoms with Crippen LogP contribution in [-0.4, -0.2) is 31.2 Å². The van der Waals surface area contributed by atoms with E-state index in [-0.39, 0.29) is 0 Å². The lowest BCUT2D eigenvalue weighted by molar-refractivity contribution is 0.365. The van der Waals surface area contributed by atoms with Crippen LogP contribution >= 0.6 is 0 Å². The number of nitrogens with one attached hydrogen (secondary N) is 1. The summed E-state index contributed by atoms with van der Waals surface area (Å²) >= 11 is 0. The van der Waals surface area contributed by atoms with Crippen molar-refractivity contribution in [2.24, 2.45) is 0 Å². The highest BCUT2D eigenvalue weighted by Gasteiger charge is 2.21. The van der Waals surface area contributed by atoms with Gasteiger partial charge in [0.05, 0.1) is 47.5 Å². The van der Waals surface area contributed by atoms with E-state index in [2.05, 4.69) is 26.5 Å². The highest BCUT2D eigenvalue weighted by Crippen LogP contribution is 2.25. The maximum Gasteiger partial charge on any atom is 0.0925 e. The Hall–Kier alpha value is -2.82. The molecule has 0 saturated carbocycles. The van der Waals surface area contributed by atoms with Crippen molar-refractivity contribution in [1.29, 1.82) is 0 Å². The first-order valence-corrected chi connectivity index (χ1v) is 7.38. The average molecular weight is 291 g/mol. The Morgan fingerprint density at radius 1 is 1.18 bits per heavy atom. The molecule has 1 N–H and O–H groups in total. The number of fused-ring (bicyclic) bond motifs is 1. The van der Waals surface area contributed by atoms with Crippen LogP contribution in [0.15, 0.2) is 55.5 Å². The average Bonchev–Trinajstić information content (AvgIpc) is 3.23. The first-order valence-electron chi connectivity index (χ1n) is 7.38. The summed E-state index contributed by atoms with van der Waals surface area (Å²) in [5.41, 5.74) is 5.40. The van der Waals surface area contributed by atoms with Crippen LogP contribution in [0, 0.1) is 0 Å². The second-order valence-corrected chi connectivity index (χ2v) is 5.41. The van der Waals surface area contributed by atoms with E-state index in [1.807, 2.05) is 47.3 Å². The Morgan fingerprint density at radius 2 is 2.05 bits per heavy atom. The van der Waals surface area contributed by atoms with E-state index < -0.39 is 0 Å². The standard InChI is InChI=1S/C17H17N5/c1-13(21-10-8-15-16(11-21)19-12-18-15)17-7-9-20-22(17)14-5-3-2-4-6-14/h2-7,9,12H,1,8,10-11H2,(H,18,19). The number of benzene rings is 1. The number of hydrogen-bond donors (Lipinski definition) is 1. The van der Waals surface area contributed by atoms with Gasteiger partial charge in [-0.2, -0.15) is 5.10 Å². The molecule has 0 saturated heterocycles. The number of nitrogens with zero attached hydrogens (tertiary/aromatic N) is 4. The summed E-state index contributed by atoms with van der Waals surface area (Å²) in [6.45, 7) is 6.04. The van der Waals surface area contributed by atoms with Crippen molar-refractivity contribution in [3.05, 3.63) is 72.6 Å². The molecule has 0 atom stereocenters. The number of imidazole rings is 1. The lowest BCUT2D eigenvalue weighted by Crippen LogP contribution is -2.29. The first kappa shape index (κ1) is 12.9. The monoisotopic (exact) mass is 291 g/mol. The van der Waals surface area contributed by atoms with E-state index in [9.17, 15) is 0 Å². The molecule has 3 aromatic rings. The van der Waals surface area contributed by atoms with Gasteiger partial charge in [-0.3, -0.25) is 0 Å². The van der Waals surface area contributed by atoms with E-state index in [1.165, 1.54) is 11.4 Å². The summed E-state index contributed by atoms with van der Waals surface area (Å²) in [6, 6.07) is 12.1. The van der Waals surface area contributed by atoms with Crippen molar-refractivity contribution in [1.82, 2.24) is 24.6 Å². The fourth-order valence-electron chi connectivity index (χ4n) is 2.90. The summed E-state index contributed by atoms with van der Waals surface area (Å²) in [5, 5.41) is 4.45. The van der Waals surface area contributed by atoms with Gasteiger partial charge in [-0.15, -0.1) is 0 Å². The Kier molecular flexibility index (Phi) is 3.04. The third-order valence-electron chi connectivity index (χ3n) is 4.10. The zero-order chi connectivity index (χ0) is 14.9. The molecule has 4 rings (SSSR count). The number of H-pyrrole nitrogens is 1. The topological polar surface area (TPSA) is 49.7 Å².